The van der Waals surface area contributed by atoms with Crippen LogP contribution in [-0.2, 0) is 0 Å². The molecule has 24 heavy (non-hydrogen) atoms. The largest absolute Gasteiger partial charge is 0.454 e. The van der Waals surface area contributed by atoms with E-state index in [-0.39, 0.29) is 11.3 Å². The second-order valence-corrected chi connectivity index (χ2v) is 4.78. The summed E-state index contributed by atoms with van der Waals surface area (Å²) < 4.78 is 19.2. The van der Waals surface area contributed by atoms with E-state index in [2.05, 4.69) is 20.3 Å². The van der Waals surface area contributed by atoms with Crippen LogP contribution in [0.1, 0.15) is 10.4 Å². The maximum atomic E-state index is 13.8. The van der Waals surface area contributed by atoms with Crippen LogP contribution in [0.5, 0.6) is 11.5 Å². The van der Waals surface area contributed by atoms with Crippen molar-refractivity contribution in [2.75, 3.05) is 11.1 Å². The van der Waals surface area contributed by atoms with Crippen LogP contribution in [-0.4, -0.2) is 20.9 Å². The summed E-state index contributed by atoms with van der Waals surface area (Å²) >= 11 is 0. The lowest BCUT2D eigenvalue weighted by Crippen LogP contribution is -2.13. The van der Waals surface area contributed by atoms with Crippen LogP contribution >= 0.6 is 0 Å². The number of nitrogen functional groups attached to an aromatic ring is 1. The molecule has 3 aromatic rings. The van der Waals surface area contributed by atoms with E-state index in [1.165, 1.54) is 31.0 Å². The molecule has 0 bridgehead atoms. The Morgan fingerprint density at radius 1 is 1.08 bits per heavy atom. The number of rotatable bonds is 4. The predicted molar refractivity (Wildman–Crippen MR) is 85.1 cm³/mol. The first-order valence-electron chi connectivity index (χ1n) is 6.86. The van der Waals surface area contributed by atoms with E-state index in [4.69, 9.17) is 10.5 Å². The lowest BCUT2D eigenvalue weighted by molar-refractivity contribution is 0.102. The minimum atomic E-state index is -0.611. The lowest BCUT2D eigenvalue weighted by atomic mass is 10.2. The van der Waals surface area contributed by atoms with Crippen molar-refractivity contribution in [3.05, 3.63) is 66.6 Å². The topological polar surface area (TPSA) is 103 Å². The van der Waals surface area contributed by atoms with Gasteiger partial charge in [-0.1, -0.05) is 0 Å². The molecule has 0 aliphatic heterocycles. The molecule has 7 nitrogen and oxygen atoms in total. The average molecular weight is 325 g/mol. The van der Waals surface area contributed by atoms with Crippen molar-refractivity contribution in [2.24, 2.45) is 0 Å². The SMILES string of the molecule is Nc1ccc(NC(=O)c2cc(F)cc(Oc3cncnc3)c2)nc1. The molecule has 1 amide bonds. The Morgan fingerprint density at radius 3 is 2.58 bits per heavy atom. The van der Waals surface area contributed by atoms with Gasteiger partial charge in [0.1, 0.15) is 23.7 Å². The second kappa shape index (κ2) is 6.69. The summed E-state index contributed by atoms with van der Waals surface area (Å²) in [5.74, 6) is -0.354. The molecular weight excluding hydrogens is 313 g/mol. The van der Waals surface area contributed by atoms with Crippen molar-refractivity contribution in [2.45, 2.75) is 0 Å². The van der Waals surface area contributed by atoms with Gasteiger partial charge in [0.15, 0.2) is 5.75 Å². The Bertz CT molecular complexity index is 856. The molecule has 0 radical (unpaired) electrons. The van der Waals surface area contributed by atoms with Gasteiger partial charge in [0.05, 0.1) is 24.3 Å². The number of halogens is 1. The highest BCUT2D eigenvalue weighted by molar-refractivity contribution is 6.04. The first kappa shape index (κ1) is 15.3. The summed E-state index contributed by atoms with van der Waals surface area (Å²) in [5.41, 5.74) is 6.09. The molecule has 3 rings (SSSR count). The predicted octanol–water partition coefficient (Wildman–Crippen LogP) is 2.64. The number of pyridine rings is 1. The van der Waals surface area contributed by atoms with E-state index >= 15 is 0 Å². The zero-order chi connectivity index (χ0) is 16.9. The lowest BCUT2D eigenvalue weighted by Gasteiger charge is -2.08. The van der Waals surface area contributed by atoms with Crippen molar-refractivity contribution in [1.29, 1.82) is 0 Å². The third-order valence-corrected chi connectivity index (χ3v) is 2.93. The van der Waals surface area contributed by atoms with Crippen molar-refractivity contribution >= 4 is 17.4 Å². The van der Waals surface area contributed by atoms with Gasteiger partial charge in [-0.3, -0.25) is 4.79 Å². The Morgan fingerprint density at radius 2 is 1.88 bits per heavy atom. The Kier molecular flexibility index (Phi) is 4.28. The van der Waals surface area contributed by atoms with Gasteiger partial charge in [0, 0.05) is 11.6 Å². The molecule has 8 heteroatoms. The summed E-state index contributed by atoms with van der Waals surface area (Å²) in [6, 6.07) is 6.80. The Hall–Kier alpha value is -3.55. The molecule has 0 saturated carbocycles. The van der Waals surface area contributed by atoms with E-state index in [1.54, 1.807) is 12.1 Å². The molecule has 1 aromatic carbocycles. The van der Waals surface area contributed by atoms with Gasteiger partial charge in [-0.15, -0.1) is 0 Å². The van der Waals surface area contributed by atoms with E-state index in [1.807, 2.05) is 0 Å². The summed E-state index contributed by atoms with van der Waals surface area (Å²) in [4.78, 5) is 23.8. The third-order valence-electron chi connectivity index (χ3n) is 2.93. The normalized spacial score (nSPS) is 10.2. The molecule has 0 saturated heterocycles. The molecule has 3 N–H and O–H groups in total. The minimum Gasteiger partial charge on any atom is -0.454 e. The van der Waals surface area contributed by atoms with E-state index < -0.39 is 11.7 Å². The minimum absolute atomic E-state index is 0.0838. The summed E-state index contributed by atoms with van der Waals surface area (Å²) in [6.45, 7) is 0. The molecule has 0 aliphatic carbocycles. The number of aromatic nitrogens is 3. The highest BCUT2D eigenvalue weighted by Crippen LogP contribution is 2.23. The molecule has 2 heterocycles. The molecule has 2 aromatic heterocycles. The number of benzene rings is 1. The Balaban J connectivity index is 1.80. The van der Waals surface area contributed by atoms with Crippen molar-refractivity contribution in [3.8, 4) is 11.5 Å². The summed E-state index contributed by atoms with van der Waals surface area (Å²) in [5, 5.41) is 2.55. The molecule has 0 spiro atoms. The maximum absolute atomic E-state index is 13.8. The number of carbonyl (C=O) groups is 1. The molecule has 0 unspecified atom stereocenters. The number of amides is 1. The van der Waals surface area contributed by atoms with Crippen LogP contribution in [0.4, 0.5) is 15.9 Å². The quantitative estimate of drug-likeness (QED) is 0.764. The zero-order valence-electron chi connectivity index (χ0n) is 12.3. The van der Waals surface area contributed by atoms with Crippen LogP contribution in [0.2, 0.25) is 0 Å². The molecule has 0 fully saturated rings. The van der Waals surface area contributed by atoms with Gasteiger partial charge in [-0.2, -0.15) is 0 Å². The van der Waals surface area contributed by atoms with Gasteiger partial charge in [-0.05, 0) is 24.3 Å². The first-order valence-corrected chi connectivity index (χ1v) is 6.86. The van der Waals surface area contributed by atoms with E-state index in [9.17, 15) is 9.18 Å². The van der Waals surface area contributed by atoms with Gasteiger partial charge in [-0.25, -0.2) is 19.3 Å². The van der Waals surface area contributed by atoms with Gasteiger partial charge in [0.2, 0.25) is 0 Å². The van der Waals surface area contributed by atoms with E-state index in [0.29, 0.717) is 17.3 Å². The first-order chi connectivity index (χ1) is 11.6. The molecule has 120 valence electrons. The second-order valence-electron chi connectivity index (χ2n) is 4.78. The van der Waals surface area contributed by atoms with Gasteiger partial charge >= 0.3 is 0 Å². The van der Waals surface area contributed by atoms with Gasteiger partial charge < -0.3 is 15.8 Å². The number of hydrogen-bond donors (Lipinski definition) is 2. The third kappa shape index (κ3) is 3.80. The number of anilines is 2. The van der Waals surface area contributed by atoms with Crippen LogP contribution in [0, 0.1) is 5.82 Å². The number of nitrogens with one attached hydrogen (secondary N) is 1. The van der Waals surface area contributed by atoms with Crippen LogP contribution in [0.3, 0.4) is 0 Å². The summed E-state index contributed by atoms with van der Waals surface area (Å²) in [7, 11) is 0. The number of nitrogens with zero attached hydrogens (tertiary/aromatic N) is 3. The molecule has 0 aliphatic rings. The van der Waals surface area contributed by atoms with Crippen LogP contribution < -0.4 is 15.8 Å². The number of nitrogens with two attached hydrogens (primary N) is 1. The molecular formula is C16H12FN5O2. The summed E-state index contributed by atoms with van der Waals surface area (Å²) in [6.07, 6.45) is 5.61. The highest BCUT2D eigenvalue weighted by atomic mass is 19.1. The monoisotopic (exact) mass is 325 g/mol. The van der Waals surface area contributed by atoms with Crippen molar-refractivity contribution in [1.82, 2.24) is 15.0 Å². The highest BCUT2D eigenvalue weighted by Gasteiger charge is 2.11. The zero-order valence-corrected chi connectivity index (χ0v) is 12.3. The smallest absolute Gasteiger partial charge is 0.257 e. The fourth-order valence-electron chi connectivity index (χ4n) is 1.89. The molecule has 0 atom stereocenters. The van der Waals surface area contributed by atoms with Crippen molar-refractivity contribution < 1.29 is 13.9 Å². The van der Waals surface area contributed by atoms with Crippen LogP contribution in [0.15, 0.2) is 55.2 Å². The van der Waals surface area contributed by atoms with Gasteiger partial charge in [0.25, 0.3) is 5.91 Å². The maximum Gasteiger partial charge on any atom is 0.257 e. The average Bonchev–Trinajstić information content (AvgIpc) is 2.57. The van der Waals surface area contributed by atoms with Crippen molar-refractivity contribution in [3.63, 3.8) is 0 Å². The fraction of sp³-hybridized carbons (Fsp3) is 0. The number of hydrogen-bond acceptors (Lipinski definition) is 6. The standard InChI is InChI=1S/C16H12FN5O2/c17-11-3-10(16(23)22-15-2-1-12(18)6-21-15)4-13(5-11)24-14-7-19-9-20-8-14/h1-9H,18H2,(H,21,22,23). The number of ether oxygens (including phenoxy) is 1. The Labute approximate surface area is 136 Å². The fourth-order valence-corrected chi connectivity index (χ4v) is 1.89. The van der Waals surface area contributed by atoms with E-state index in [0.717, 1.165) is 12.1 Å². The number of carbonyl (C=O) groups excluding carboxylic acids is 1. The van der Waals surface area contributed by atoms with Crippen LogP contribution in [0.25, 0.3) is 0 Å².